The van der Waals surface area contributed by atoms with Gasteiger partial charge in [0.15, 0.2) is 0 Å². The van der Waals surface area contributed by atoms with Gasteiger partial charge in [-0.1, -0.05) is 6.92 Å². The molecule has 30 heavy (non-hydrogen) atoms. The van der Waals surface area contributed by atoms with Crippen LogP contribution in [0.3, 0.4) is 0 Å². The topological polar surface area (TPSA) is 158 Å². The molecule has 11 heteroatoms. The van der Waals surface area contributed by atoms with Gasteiger partial charge in [-0.15, -0.1) is 0 Å². The van der Waals surface area contributed by atoms with E-state index in [9.17, 15) is 22.8 Å². The first-order chi connectivity index (χ1) is 14.2. The number of carbonyl (C=O) groups excluding carboxylic acids is 1. The number of carboxylic acids is 1. The summed E-state index contributed by atoms with van der Waals surface area (Å²) in [4.78, 5) is 38.2. The summed E-state index contributed by atoms with van der Waals surface area (Å²) in [7, 11) is -3.78. The summed E-state index contributed by atoms with van der Waals surface area (Å²) in [6.07, 6.45) is 1.80. The second kappa shape index (κ2) is 10.0. The number of pyridine rings is 1. The smallest absolute Gasteiger partial charge is 0.307 e. The van der Waals surface area contributed by atoms with E-state index in [1.807, 2.05) is 0 Å². The van der Waals surface area contributed by atoms with Gasteiger partial charge in [-0.2, -0.15) is 0 Å². The molecule has 2 aromatic heterocycles. The van der Waals surface area contributed by atoms with E-state index in [0.717, 1.165) is 0 Å². The summed E-state index contributed by atoms with van der Waals surface area (Å²) in [6, 6.07) is 6.16. The van der Waals surface area contributed by atoms with Crippen LogP contribution in [0.5, 0.6) is 0 Å². The largest absolute Gasteiger partial charge is 0.481 e. The number of ether oxygens (including phenoxy) is 1. The van der Waals surface area contributed by atoms with Crippen LogP contribution in [-0.2, 0) is 24.3 Å². The van der Waals surface area contributed by atoms with Crippen LogP contribution in [0.15, 0.2) is 40.2 Å². The van der Waals surface area contributed by atoms with Crippen LogP contribution in [0.4, 0.5) is 0 Å². The summed E-state index contributed by atoms with van der Waals surface area (Å²) in [5, 5.41) is 8.98. The van der Waals surface area contributed by atoms with E-state index in [1.165, 1.54) is 12.1 Å². The number of hydrogen-bond acceptors (Lipinski definition) is 6. The lowest BCUT2D eigenvalue weighted by atomic mass is 10.1. The van der Waals surface area contributed by atoms with E-state index in [0.29, 0.717) is 21.8 Å². The molecule has 0 aliphatic carbocycles. The van der Waals surface area contributed by atoms with Gasteiger partial charge in [-0.25, -0.2) is 13.1 Å². The molecule has 0 amide bonds. The first kappa shape index (κ1) is 23.1. The number of esters is 1. The van der Waals surface area contributed by atoms with Crippen molar-refractivity contribution >= 4 is 43.8 Å². The zero-order valence-corrected chi connectivity index (χ0v) is 17.3. The van der Waals surface area contributed by atoms with Gasteiger partial charge in [0.05, 0.1) is 17.9 Å². The number of aliphatic carboxylic acids is 1. The average molecular weight is 437 g/mol. The van der Waals surface area contributed by atoms with Crippen LogP contribution in [-0.4, -0.2) is 48.6 Å². The maximum absolute atomic E-state index is 12.4. The first-order valence-corrected chi connectivity index (χ1v) is 10.7. The van der Waals surface area contributed by atoms with Crippen LogP contribution in [0.2, 0.25) is 0 Å². The maximum atomic E-state index is 12.4. The second-order valence-corrected chi connectivity index (χ2v) is 7.89. The normalized spacial score (nSPS) is 11.1. The number of benzene rings is 1. The molecule has 0 spiro atoms. The number of hydrogen-bond donors (Lipinski definition) is 4. The van der Waals surface area contributed by atoms with Crippen molar-refractivity contribution in [2.45, 2.75) is 31.6 Å². The van der Waals surface area contributed by atoms with Gasteiger partial charge in [0.1, 0.15) is 5.52 Å². The second-order valence-electron chi connectivity index (χ2n) is 6.13. The quantitative estimate of drug-likeness (QED) is 0.410. The molecular weight excluding hydrogens is 414 g/mol. The van der Waals surface area contributed by atoms with Crippen molar-refractivity contribution < 1.29 is 27.9 Å². The minimum Gasteiger partial charge on any atom is -0.481 e. The van der Waals surface area contributed by atoms with Crippen molar-refractivity contribution in [3.63, 3.8) is 0 Å². The molecule has 3 aromatic rings. The van der Waals surface area contributed by atoms with Crippen LogP contribution in [0.25, 0.3) is 21.8 Å². The lowest BCUT2D eigenvalue weighted by molar-refractivity contribution is -0.143. The number of aromatic nitrogens is 2. The van der Waals surface area contributed by atoms with Gasteiger partial charge >= 0.3 is 11.9 Å². The fourth-order valence-electron chi connectivity index (χ4n) is 2.59. The Labute approximate surface area is 172 Å². The molecule has 162 valence electrons. The zero-order valence-electron chi connectivity index (χ0n) is 16.5. The van der Waals surface area contributed by atoms with Crippen LogP contribution < -0.4 is 10.3 Å². The van der Waals surface area contributed by atoms with Gasteiger partial charge in [0.2, 0.25) is 10.0 Å². The molecule has 0 saturated carbocycles. The molecule has 0 unspecified atom stereocenters. The zero-order chi connectivity index (χ0) is 22.3. The molecule has 2 heterocycles. The minimum absolute atomic E-state index is 0.0456. The summed E-state index contributed by atoms with van der Waals surface area (Å²) in [5.74, 6) is -1.21. The van der Waals surface area contributed by atoms with Crippen LogP contribution in [0.1, 0.15) is 26.7 Å². The van der Waals surface area contributed by atoms with Crippen molar-refractivity contribution in [3.8, 4) is 0 Å². The van der Waals surface area contributed by atoms with Crippen molar-refractivity contribution in [2.24, 2.45) is 0 Å². The highest BCUT2D eigenvalue weighted by atomic mass is 32.2. The average Bonchev–Trinajstić information content (AvgIpc) is 3.19. The Hall–Kier alpha value is -3.18. The van der Waals surface area contributed by atoms with Crippen molar-refractivity contribution in [2.75, 3.05) is 13.2 Å². The molecular formula is C19H23N3O7S. The molecule has 0 aliphatic rings. The molecule has 3 rings (SSSR count). The number of nitrogens with one attached hydrogen (secondary N) is 3. The predicted molar refractivity (Wildman–Crippen MR) is 111 cm³/mol. The molecule has 0 bridgehead atoms. The van der Waals surface area contributed by atoms with Crippen LogP contribution >= 0.6 is 0 Å². The Morgan fingerprint density at radius 2 is 1.87 bits per heavy atom. The highest BCUT2D eigenvalue weighted by Gasteiger charge is 2.16. The number of H-pyrrole nitrogens is 2. The van der Waals surface area contributed by atoms with Gasteiger partial charge in [0, 0.05) is 35.5 Å². The highest BCUT2D eigenvalue weighted by molar-refractivity contribution is 7.89. The monoisotopic (exact) mass is 437 g/mol. The summed E-state index contributed by atoms with van der Waals surface area (Å²) in [5.41, 5.74) is 0.663. The number of rotatable bonds is 7. The SMILES string of the molecule is CCC(=O)O.CCOC(=O)CCNS(=O)(=O)c1ccc2[nH]c(=O)c3[nH]ccc3c2c1. The van der Waals surface area contributed by atoms with Crippen molar-refractivity contribution in [1.29, 1.82) is 0 Å². The predicted octanol–water partition coefficient (Wildman–Crippen LogP) is 1.72. The number of aromatic amines is 2. The third-order valence-electron chi connectivity index (χ3n) is 4.04. The van der Waals surface area contributed by atoms with E-state index in [-0.39, 0.29) is 36.4 Å². The van der Waals surface area contributed by atoms with E-state index >= 15 is 0 Å². The number of carbonyl (C=O) groups is 2. The fraction of sp³-hybridized carbons (Fsp3) is 0.316. The van der Waals surface area contributed by atoms with E-state index < -0.39 is 22.0 Å². The highest BCUT2D eigenvalue weighted by Crippen LogP contribution is 2.23. The molecule has 0 fully saturated rings. The van der Waals surface area contributed by atoms with Crippen LogP contribution in [0, 0.1) is 0 Å². The number of carboxylic acid groups (broad SMARTS) is 1. The third kappa shape index (κ3) is 5.67. The molecule has 4 N–H and O–H groups in total. The summed E-state index contributed by atoms with van der Waals surface area (Å²) in [6.45, 7) is 3.48. The van der Waals surface area contributed by atoms with Gasteiger partial charge in [-0.3, -0.25) is 14.4 Å². The molecule has 0 atom stereocenters. The summed E-state index contributed by atoms with van der Waals surface area (Å²) >= 11 is 0. The first-order valence-electron chi connectivity index (χ1n) is 9.19. The van der Waals surface area contributed by atoms with E-state index in [2.05, 4.69) is 14.7 Å². The van der Waals surface area contributed by atoms with Gasteiger partial charge in [-0.05, 0) is 31.2 Å². The maximum Gasteiger partial charge on any atom is 0.307 e. The summed E-state index contributed by atoms with van der Waals surface area (Å²) < 4.78 is 32.0. The lowest BCUT2D eigenvalue weighted by Crippen LogP contribution is -2.26. The Kier molecular flexibility index (Phi) is 7.72. The molecule has 1 aromatic carbocycles. The molecule has 0 radical (unpaired) electrons. The molecule has 0 aliphatic heterocycles. The Bertz CT molecular complexity index is 1210. The molecule has 0 saturated heterocycles. The van der Waals surface area contributed by atoms with E-state index in [1.54, 1.807) is 32.2 Å². The van der Waals surface area contributed by atoms with Crippen molar-refractivity contribution in [3.05, 3.63) is 40.8 Å². The standard InChI is InChI=1S/C16H17N3O5S.C3H6O2/c1-2-24-14(20)6-8-18-25(22,23)10-3-4-13-12(9-10)11-5-7-17-15(11)16(21)19-13;1-2-3(4)5/h3-5,7,9,17-18H,2,6,8H2,1H3,(H,19,21);2H2,1H3,(H,4,5). The fourth-order valence-corrected chi connectivity index (χ4v) is 3.65. The minimum atomic E-state index is -3.78. The lowest BCUT2D eigenvalue weighted by Gasteiger charge is -2.08. The Morgan fingerprint density at radius 1 is 1.17 bits per heavy atom. The van der Waals surface area contributed by atoms with E-state index in [4.69, 9.17) is 9.84 Å². The Balaban J connectivity index is 0.000000575. The third-order valence-corrected chi connectivity index (χ3v) is 5.50. The number of sulfonamides is 1. The molecule has 10 nitrogen and oxygen atoms in total. The van der Waals surface area contributed by atoms with Crippen molar-refractivity contribution in [1.82, 2.24) is 14.7 Å². The Morgan fingerprint density at radius 3 is 2.50 bits per heavy atom. The number of fused-ring (bicyclic) bond motifs is 3. The van der Waals surface area contributed by atoms with Gasteiger partial charge < -0.3 is 19.8 Å². The van der Waals surface area contributed by atoms with Gasteiger partial charge in [0.25, 0.3) is 5.56 Å².